The van der Waals surface area contributed by atoms with Crippen molar-refractivity contribution >= 4 is 17.2 Å². The average Bonchev–Trinajstić information content (AvgIpc) is 3.22. The van der Waals surface area contributed by atoms with Crippen molar-refractivity contribution in [1.82, 2.24) is 19.7 Å². The Labute approximate surface area is 192 Å². The van der Waals surface area contributed by atoms with E-state index in [4.69, 9.17) is 4.74 Å². The van der Waals surface area contributed by atoms with Crippen LogP contribution in [0.25, 0.3) is 10.6 Å². The number of ether oxygens (including phenoxy) is 1. The molecule has 0 saturated heterocycles. The van der Waals surface area contributed by atoms with Crippen LogP contribution in [0.15, 0.2) is 29.2 Å². The molecule has 1 N–H and O–H groups in total. The number of amides is 1. The predicted octanol–water partition coefficient (Wildman–Crippen LogP) is 2.99. The normalized spacial score (nSPS) is 15.9. The Bertz CT molecular complexity index is 1270. The van der Waals surface area contributed by atoms with Crippen molar-refractivity contribution in [3.63, 3.8) is 0 Å². The highest BCUT2D eigenvalue weighted by atomic mass is 32.1. The molecule has 0 saturated carbocycles. The number of rotatable bonds is 6. The number of fused-ring (bicyclic) bond motifs is 1. The Balaban J connectivity index is 1.75. The number of nitrogens with zero attached hydrogens (tertiary/aromatic N) is 4. The molecule has 0 radical (unpaired) electrons. The highest BCUT2D eigenvalue weighted by molar-refractivity contribution is 7.14. The number of benzene rings is 1. The fourth-order valence-corrected chi connectivity index (χ4v) is 4.71. The highest BCUT2D eigenvalue weighted by Gasteiger charge is 2.36. The van der Waals surface area contributed by atoms with Crippen LogP contribution >= 0.6 is 11.3 Å². The fraction of sp³-hybridized carbons (Fsp3) is 0.364. The predicted molar refractivity (Wildman–Crippen MR) is 118 cm³/mol. The van der Waals surface area contributed by atoms with Crippen molar-refractivity contribution in [3.8, 4) is 16.3 Å². The molecule has 4 rings (SSSR count). The second-order valence-electron chi connectivity index (χ2n) is 8.05. The summed E-state index contributed by atoms with van der Waals surface area (Å²) in [6, 6.07) is 2.82. The Morgan fingerprint density at radius 1 is 1.27 bits per heavy atom. The number of carbonyl (C=O) groups excluding carboxylic acids is 1. The van der Waals surface area contributed by atoms with Gasteiger partial charge in [0, 0.05) is 38.4 Å². The largest absolute Gasteiger partial charge is 0.503 e. The molecular formula is C22H22F2N4O4S. The molecule has 0 bridgehead atoms. The summed E-state index contributed by atoms with van der Waals surface area (Å²) < 4.78 is 34.0. The van der Waals surface area contributed by atoms with E-state index in [9.17, 15) is 23.5 Å². The minimum atomic E-state index is -0.743. The van der Waals surface area contributed by atoms with Gasteiger partial charge in [-0.1, -0.05) is 17.4 Å². The Morgan fingerprint density at radius 2 is 2.03 bits per heavy atom. The van der Waals surface area contributed by atoms with Gasteiger partial charge in [0.2, 0.25) is 5.43 Å². The van der Waals surface area contributed by atoms with E-state index in [1.165, 1.54) is 19.4 Å². The Kier molecular flexibility index (Phi) is 6.26. The quantitative estimate of drug-likeness (QED) is 0.588. The number of aromatic nitrogens is 3. The molecular weight excluding hydrogens is 454 g/mol. The van der Waals surface area contributed by atoms with Gasteiger partial charge in [-0.25, -0.2) is 8.78 Å². The van der Waals surface area contributed by atoms with Crippen LogP contribution < -0.4 is 5.43 Å². The summed E-state index contributed by atoms with van der Waals surface area (Å²) in [7, 11) is 1.53. The van der Waals surface area contributed by atoms with Crippen LogP contribution in [0.1, 0.15) is 40.9 Å². The monoisotopic (exact) mass is 476 g/mol. The third-order valence-electron chi connectivity index (χ3n) is 5.51. The van der Waals surface area contributed by atoms with Crippen molar-refractivity contribution in [2.45, 2.75) is 32.4 Å². The summed E-state index contributed by atoms with van der Waals surface area (Å²) >= 11 is 1.05. The number of hydrogen-bond acceptors (Lipinski definition) is 7. The van der Waals surface area contributed by atoms with Crippen molar-refractivity contribution in [1.29, 1.82) is 0 Å². The Hall–Kier alpha value is -3.18. The van der Waals surface area contributed by atoms with E-state index >= 15 is 0 Å². The lowest BCUT2D eigenvalue weighted by Gasteiger charge is -2.38. The third-order valence-corrected chi connectivity index (χ3v) is 6.47. The van der Waals surface area contributed by atoms with Gasteiger partial charge in [-0.3, -0.25) is 9.59 Å². The molecule has 174 valence electrons. The van der Waals surface area contributed by atoms with Crippen molar-refractivity contribution in [2.75, 3.05) is 20.3 Å². The van der Waals surface area contributed by atoms with Crippen LogP contribution in [-0.2, 0) is 11.2 Å². The number of aromatic hydroxyl groups is 1. The number of methoxy groups -OCH3 is 1. The molecule has 8 nitrogen and oxygen atoms in total. The van der Waals surface area contributed by atoms with Gasteiger partial charge in [0.25, 0.3) is 5.91 Å². The minimum Gasteiger partial charge on any atom is -0.503 e. The molecule has 1 aromatic carbocycles. The summed E-state index contributed by atoms with van der Waals surface area (Å²) in [6.45, 7) is 4.32. The smallest absolute Gasteiger partial charge is 0.274 e. The molecule has 2 aromatic heterocycles. The summed E-state index contributed by atoms with van der Waals surface area (Å²) in [5, 5.41) is 19.4. The van der Waals surface area contributed by atoms with Gasteiger partial charge in [0.15, 0.2) is 16.5 Å². The van der Waals surface area contributed by atoms with Crippen molar-refractivity contribution in [2.24, 2.45) is 0 Å². The number of carbonyl (C=O) groups is 1. The molecule has 33 heavy (non-hydrogen) atoms. The molecule has 11 heteroatoms. The lowest BCUT2D eigenvalue weighted by atomic mass is 10.1. The summed E-state index contributed by atoms with van der Waals surface area (Å²) in [6.07, 6.45) is 1.55. The van der Waals surface area contributed by atoms with Crippen LogP contribution in [0, 0.1) is 11.6 Å². The van der Waals surface area contributed by atoms with E-state index in [0.717, 1.165) is 23.5 Å². The van der Waals surface area contributed by atoms with Crippen LogP contribution in [0.4, 0.5) is 8.78 Å². The lowest BCUT2D eigenvalue weighted by Crippen LogP contribution is -2.48. The van der Waals surface area contributed by atoms with Gasteiger partial charge < -0.3 is 19.3 Å². The van der Waals surface area contributed by atoms with Gasteiger partial charge in [-0.05, 0) is 25.5 Å². The number of halogens is 2. The van der Waals surface area contributed by atoms with Gasteiger partial charge in [-0.2, -0.15) is 0 Å². The van der Waals surface area contributed by atoms with Crippen molar-refractivity contribution < 1.29 is 23.4 Å². The standard InChI is InChI=1S/C22H22F2N4O4S/c1-11(2)27-8-14(10-32-3)28-9-15(19(29)20(30)18(28)22(27)31)21-26-25-17(33-21)6-12-4-5-13(23)7-16(12)24/h4-5,7,9,11,14,30H,6,8,10H2,1-3H3. The van der Waals surface area contributed by atoms with Gasteiger partial charge in [0.1, 0.15) is 16.6 Å². The van der Waals surface area contributed by atoms with E-state index in [1.807, 2.05) is 13.8 Å². The topological polar surface area (TPSA) is 97.6 Å². The summed E-state index contributed by atoms with van der Waals surface area (Å²) in [4.78, 5) is 27.5. The van der Waals surface area contributed by atoms with Gasteiger partial charge in [-0.15, -0.1) is 10.2 Å². The molecule has 1 aliphatic rings. The zero-order valence-electron chi connectivity index (χ0n) is 18.2. The lowest BCUT2D eigenvalue weighted by molar-refractivity contribution is 0.0511. The molecule has 3 heterocycles. The summed E-state index contributed by atoms with van der Waals surface area (Å²) in [5.74, 6) is -2.48. The molecule has 0 spiro atoms. The molecule has 0 fully saturated rings. The first-order chi connectivity index (χ1) is 15.7. The first-order valence-electron chi connectivity index (χ1n) is 10.3. The molecule has 1 atom stereocenters. The van der Waals surface area contributed by atoms with Gasteiger partial charge in [0.05, 0.1) is 18.2 Å². The zero-order valence-corrected chi connectivity index (χ0v) is 19.0. The Morgan fingerprint density at radius 3 is 2.70 bits per heavy atom. The average molecular weight is 477 g/mol. The molecule has 0 aliphatic carbocycles. The van der Waals surface area contributed by atoms with Crippen LogP contribution in [0.5, 0.6) is 5.75 Å². The van der Waals surface area contributed by atoms with E-state index in [2.05, 4.69) is 10.2 Å². The summed E-state index contributed by atoms with van der Waals surface area (Å²) in [5.41, 5.74) is -0.522. The maximum Gasteiger partial charge on any atom is 0.274 e. The molecule has 3 aromatic rings. The van der Waals surface area contributed by atoms with Crippen molar-refractivity contribution in [3.05, 3.63) is 62.5 Å². The SMILES string of the molecule is COCC1CN(C(C)C)C(=O)c2c(O)c(=O)c(-c3nnc(Cc4ccc(F)cc4F)s3)cn21. The number of hydrogen-bond donors (Lipinski definition) is 1. The first-order valence-corrected chi connectivity index (χ1v) is 11.1. The molecule has 1 aliphatic heterocycles. The van der Waals surface area contributed by atoms with E-state index in [-0.39, 0.29) is 46.9 Å². The molecule has 1 unspecified atom stereocenters. The second-order valence-corrected chi connectivity index (χ2v) is 9.11. The zero-order chi connectivity index (χ0) is 23.9. The van der Waals surface area contributed by atoms with E-state index < -0.39 is 28.7 Å². The third kappa shape index (κ3) is 4.25. The fourth-order valence-electron chi connectivity index (χ4n) is 3.84. The second kappa shape index (κ2) is 8.99. The van der Waals surface area contributed by atoms with Crippen LogP contribution in [-0.4, -0.2) is 57.0 Å². The van der Waals surface area contributed by atoms with Crippen LogP contribution in [0.3, 0.4) is 0 Å². The van der Waals surface area contributed by atoms with Gasteiger partial charge >= 0.3 is 0 Å². The maximum absolute atomic E-state index is 14.0. The maximum atomic E-state index is 14.0. The van der Waals surface area contributed by atoms with E-state index in [0.29, 0.717) is 11.6 Å². The molecule has 1 amide bonds. The highest BCUT2D eigenvalue weighted by Crippen LogP contribution is 2.31. The van der Waals surface area contributed by atoms with Crippen LogP contribution in [0.2, 0.25) is 0 Å². The first kappa shape index (κ1) is 23.0. The minimum absolute atomic E-state index is 0.0656. The number of pyridine rings is 1. The van der Waals surface area contributed by atoms with E-state index in [1.54, 1.807) is 9.47 Å².